The van der Waals surface area contributed by atoms with E-state index in [4.69, 9.17) is 15.7 Å². The normalized spacial score (nSPS) is 11.4. The molecule has 0 fully saturated rings. The smallest absolute Gasteiger partial charge is 0.192 e. The summed E-state index contributed by atoms with van der Waals surface area (Å²) in [5, 5.41) is 11.7. The van der Waals surface area contributed by atoms with Gasteiger partial charge in [-0.15, -0.1) is 0 Å². The average Bonchev–Trinajstić information content (AvgIpc) is 2.43. The summed E-state index contributed by atoms with van der Waals surface area (Å²) in [6.07, 6.45) is 1.56. The van der Waals surface area contributed by atoms with Gasteiger partial charge >= 0.3 is 0 Å². The molecule has 0 saturated carbocycles. The van der Waals surface area contributed by atoms with Gasteiger partial charge in [-0.1, -0.05) is 11.2 Å². The van der Waals surface area contributed by atoms with E-state index in [1.54, 1.807) is 18.3 Å². The maximum atomic E-state index is 8.73. The Morgan fingerprint density at radius 2 is 2.05 bits per heavy atom. The van der Waals surface area contributed by atoms with Crippen molar-refractivity contribution < 1.29 is 9.94 Å². The van der Waals surface area contributed by atoms with E-state index in [1.807, 2.05) is 32.0 Å². The monoisotopic (exact) mass is 257 g/mol. The molecule has 5 heteroatoms. The van der Waals surface area contributed by atoms with Gasteiger partial charge in [0.05, 0.1) is 0 Å². The Balaban J connectivity index is 2.35. The van der Waals surface area contributed by atoms with Gasteiger partial charge in [0.1, 0.15) is 5.75 Å². The number of hydrogen-bond acceptors (Lipinski definition) is 4. The molecular formula is C14H15N3O2. The first-order valence-electron chi connectivity index (χ1n) is 5.80. The van der Waals surface area contributed by atoms with E-state index in [0.29, 0.717) is 17.2 Å². The van der Waals surface area contributed by atoms with E-state index < -0.39 is 0 Å². The summed E-state index contributed by atoms with van der Waals surface area (Å²) in [7, 11) is 0. The number of pyridine rings is 1. The van der Waals surface area contributed by atoms with Gasteiger partial charge in [-0.25, -0.2) is 4.98 Å². The molecule has 1 aromatic heterocycles. The largest absolute Gasteiger partial charge is 0.455 e. The van der Waals surface area contributed by atoms with Crippen molar-refractivity contribution in [3.05, 3.63) is 53.3 Å². The Hall–Kier alpha value is -2.56. The van der Waals surface area contributed by atoms with Crippen LogP contribution in [0.25, 0.3) is 0 Å². The number of nitrogens with zero attached hydrogens (tertiary/aromatic N) is 2. The van der Waals surface area contributed by atoms with Gasteiger partial charge in [-0.05, 0) is 49.2 Å². The van der Waals surface area contributed by atoms with Crippen LogP contribution in [0.2, 0.25) is 0 Å². The van der Waals surface area contributed by atoms with E-state index >= 15 is 0 Å². The molecule has 0 spiro atoms. The lowest BCUT2D eigenvalue weighted by atomic mass is 10.1. The second-order valence-electron chi connectivity index (χ2n) is 4.18. The Bertz CT molecular complexity index is 624. The SMILES string of the molecule is Cc1ccc(Oc2cccnc2/C(N)=N/O)cc1C. The lowest BCUT2D eigenvalue weighted by Gasteiger charge is -2.10. The van der Waals surface area contributed by atoms with Gasteiger partial charge in [0.15, 0.2) is 17.3 Å². The number of aromatic nitrogens is 1. The molecule has 0 radical (unpaired) electrons. The molecule has 2 aromatic rings. The van der Waals surface area contributed by atoms with Crippen LogP contribution < -0.4 is 10.5 Å². The van der Waals surface area contributed by atoms with Crippen molar-refractivity contribution >= 4 is 5.84 Å². The summed E-state index contributed by atoms with van der Waals surface area (Å²) in [5.74, 6) is 1.04. The van der Waals surface area contributed by atoms with Crippen LogP contribution in [0.3, 0.4) is 0 Å². The zero-order valence-electron chi connectivity index (χ0n) is 10.8. The van der Waals surface area contributed by atoms with Crippen LogP contribution in [-0.2, 0) is 0 Å². The molecule has 0 aliphatic carbocycles. The summed E-state index contributed by atoms with van der Waals surface area (Å²) >= 11 is 0. The van der Waals surface area contributed by atoms with E-state index in [0.717, 1.165) is 5.56 Å². The fourth-order valence-corrected chi connectivity index (χ4v) is 1.62. The number of hydrogen-bond donors (Lipinski definition) is 2. The van der Waals surface area contributed by atoms with E-state index in [1.165, 1.54) is 5.56 Å². The molecule has 1 heterocycles. The fraction of sp³-hybridized carbons (Fsp3) is 0.143. The van der Waals surface area contributed by atoms with Crippen molar-refractivity contribution in [1.82, 2.24) is 4.98 Å². The maximum Gasteiger partial charge on any atom is 0.192 e. The first-order chi connectivity index (χ1) is 9.11. The summed E-state index contributed by atoms with van der Waals surface area (Å²) in [6.45, 7) is 4.04. The highest BCUT2D eigenvalue weighted by molar-refractivity contribution is 5.97. The molecule has 19 heavy (non-hydrogen) atoms. The maximum absolute atomic E-state index is 8.73. The predicted molar refractivity (Wildman–Crippen MR) is 72.7 cm³/mol. The van der Waals surface area contributed by atoms with Gasteiger partial charge in [0.25, 0.3) is 0 Å². The van der Waals surface area contributed by atoms with Crippen LogP contribution in [0.5, 0.6) is 11.5 Å². The minimum atomic E-state index is -0.0839. The summed E-state index contributed by atoms with van der Waals surface area (Å²) in [5.41, 5.74) is 8.19. The predicted octanol–water partition coefficient (Wildman–Crippen LogP) is 2.59. The second-order valence-corrected chi connectivity index (χ2v) is 4.18. The minimum absolute atomic E-state index is 0.0839. The van der Waals surface area contributed by atoms with Gasteiger partial charge < -0.3 is 15.7 Å². The quantitative estimate of drug-likeness (QED) is 0.383. The number of rotatable bonds is 3. The zero-order chi connectivity index (χ0) is 13.8. The number of ether oxygens (including phenoxy) is 1. The van der Waals surface area contributed by atoms with Crippen LogP contribution in [0.1, 0.15) is 16.8 Å². The molecule has 0 saturated heterocycles. The topological polar surface area (TPSA) is 80.7 Å². The molecule has 1 aromatic carbocycles. The van der Waals surface area contributed by atoms with Crippen molar-refractivity contribution in [2.75, 3.05) is 0 Å². The minimum Gasteiger partial charge on any atom is -0.455 e. The standard InChI is InChI=1S/C14H15N3O2/c1-9-5-6-11(8-10(9)2)19-12-4-3-7-16-13(12)14(15)17-18/h3-8,18H,1-2H3,(H2,15,17). The molecule has 5 nitrogen and oxygen atoms in total. The number of benzene rings is 1. The summed E-state index contributed by atoms with van der Waals surface area (Å²) in [4.78, 5) is 4.04. The first kappa shape index (κ1) is 12.9. The number of amidine groups is 1. The molecule has 0 atom stereocenters. The Labute approximate surface area is 111 Å². The number of nitrogens with two attached hydrogens (primary N) is 1. The molecule has 2 rings (SSSR count). The Kier molecular flexibility index (Phi) is 3.66. The molecule has 0 bridgehead atoms. The van der Waals surface area contributed by atoms with E-state index in [9.17, 15) is 0 Å². The van der Waals surface area contributed by atoms with Crippen LogP contribution in [0.15, 0.2) is 41.7 Å². The van der Waals surface area contributed by atoms with Crippen molar-refractivity contribution in [3.8, 4) is 11.5 Å². The lowest BCUT2D eigenvalue weighted by Crippen LogP contribution is -2.15. The second kappa shape index (κ2) is 5.39. The lowest BCUT2D eigenvalue weighted by molar-refractivity contribution is 0.318. The van der Waals surface area contributed by atoms with Crippen molar-refractivity contribution in [2.24, 2.45) is 10.9 Å². The zero-order valence-corrected chi connectivity index (χ0v) is 10.8. The number of oxime groups is 1. The van der Waals surface area contributed by atoms with Gasteiger partial charge in [0, 0.05) is 6.20 Å². The number of aryl methyl sites for hydroxylation is 2. The summed E-state index contributed by atoms with van der Waals surface area (Å²) < 4.78 is 5.73. The highest BCUT2D eigenvalue weighted by atomic mass is 16.5. The fourth-order valence-electron chi connectivity index (χ4n) is 1.62. The van der Waals surface area contributed by atoms with Crippen molar-refractivity contribution in [2.45, 2.75) is 13.8 Å². The molecule has 0 aliphatic rings. The highest BCUT2D eigenvalue weighted by Crippen LogP contribution is 2.25. The third-order valence-electron chi connectivity index (χ3n) is 2.83. The highest BCUT2D eigenvalue weighted by Gasteiger charge is 2.10. The molecule has 0 amide bonds. The van der Waals surface area contributed by atoms with E-state index in [2.05, 4.69) is 10.1 Å². The Morgan fingerprint density at radius 3 is 2.74 bits per heavy atom. The third kappa shape index (κ3) is 2.82. The van der Waals surface area contributed by atoms with Crippen LogP contribution >= 0.6 is 0 Å². The van der Waals surface area contributed by atoms with Gasteiger partial charge in [0.2, 0.25) is 0 Å². The molecule has 0 aliphatic heterocycles. The van der Waals surface area contributed by atoms with Crippen molar-refractivity contribution in [3.63, 3.8) is 0 Å². The third-order valence-corrected chi connectivity index (χ3v) is 2.83. The Morgan fingerprint density at radius 1 is 1.26 bits per heavy atom. The average molecular weight is 257 g/mol. The molecule has 98 valence electrons. The van der Waals surface area contributed by atoms with Crippen LogP contribution in [0.4, 0.5) is 0 Å². The summed E-state index contributed by atoms with van der Waals surface area (Å²) in [6, 6.07) is 9.22. The van der Waals surface area contributed by atoms with E-state index in [-0.39, 0.29) is 5.84 Å². The molecular weight excluding hydrogens is 242 g/mol. The molecule has 3 N–H and O–H groups in total. The van der Waals surface area contributed by atoms with Crippen LogP contribution in [0, 0.1) is 13.8 Å². The van der Waals surface area contributed by atoms with Gasteiger partial charge in [-0.3, -0.25) is 0 Å². The molecule has 0 unspecified atom stereocenters. The first-order valence-corrected chi connectivity index (χ1v) is 5.80. The van der Waals surface area contributed by atoms with Gasteiger partial charge in [-0.2, -0.15) is 0 Å². The van der Waals surface area contributed by atoms with Crippen LogP contribution in [-0.4, -0.2) is 16.0 Å². The van der Waals surface area contributed by atoms with Crippen molar-refractivity contribution in [1.29, 1.82) is 0 Å².